The first kappa shape index (κ1) is 20.5. The summed E-state index contributed by atoms with van der Waals surface area (Å²) >= 11 is 1.58. The van der Waals surface area contributed by atoms with E-state index in [0.717, 1.165) is 26.7 Å². The third-order valence-electron chi connectivity index (χ3n) is 4.81. The number of aryl methyl sites for hydroxylation is 1. The quantitative estimate of drug-likeness (QED) is 0.451. The molecular formula is C25H21N3O2S. The molecule has 0 radical (unpaired) electrons. The molecule has 0 aliphatic carbocycles. The van der Waals surface area contributed by atoms with Crippen LogP contribution in [-0.4, -0.2) is 16.8 Å². The number of anilines is 1. The molecule has 2 amide bonds. The van der Waals surface area contributed by atoms with E-state index in [1.54, 1.807) is 35.6 Å². The lowest BCUT2D eigenvalue weighted by atomic mass is 10.1. The van der Waals surface area contributed by atoms with E-state index in [0.29, 0.717) is 11.3 Å². The second-order valence-electron chi connectivity index (χ2n) is 7.19. The van der Waals surface area contributed by atoms with Gasteiger partial charge in [-0.15, -0.1) is 11.3 Å². The maximum Gasteiger partial charge on any atom is 0.248 e. The Labute approximate surface area is 184 Å². The van der Waals surface area contributed by atoms with Crippen LogP contribution in [0.4, 0.5) is 5.69 Å². The first-order chi connectivity index (χ1) is 15.0. The van der Waals surface area contributed by atoms with Crippen LogP contribution >= 0.6 is 11.3 Å². The van der Waals surface area contributed by atoms with Gasteiger partial charge in [0.2, 0.25) is 11.8 Å². The van der Waals surface area contributed by atoms with Gasteiger partial charge in [0.05, 0.1) is 17.0 Å². The summed E-state index contributed by atoms with van der Waals surface area (Å²) in [6.45, 7) is 2.05. The zero-order valence-electron chi connectivity index (χ0n) is 17.0. The van der Waals surface area contributed by atoms with Crippen molar-refractivity contribution in [3.05, 3.63) is 95.7 Å². The lowest BCUT2D eigenvalue weighted by Gasteiger charge is -2.06. The Bertz CT molecular complexity index is 1210. The maximum absolute atomic E-state index is 12.7. The van der Waals surface area contributed by atoms with Crippen LogP contribution in [0.3, 0.4) is 0 Å². The Kier molecular flexibility index (Phi) is 5.91. The van der Waals surface area contributed by atoms with Crippen molar-refractivity contribution in [2.45, 2.75) is 13.3 Å². The molecule has 6 heteroatoms. The van der Waals surface area contributed by atoms with Crippen LogP contribution in [0.15, 0.2) is 78.9 Å². The number of nitrogens with two attached hydrogens (primary N) is 1. The van der Waals surface area contributed by atoms with E-state index < -0.39 is 5.91 Å². The number of amides is 2. The number of nitrogens with zero attached hydrogens (tertiary/aromatic N) is 1. The van der Waals surface area contributed by atoms with Crippen molar-refractivity contribution in [1.29, 1.82) is 0 Å². The van der Waals surface area contributed by atoms with Gasteiger partial charge >= 0.3 is 0 Å². The zero-order valence-corrected chi connectivity index (χ0v) is 17.8. The monoisotopic (exact) mass is 427 g/mol. The SMILES string of the molecule is Cc1ccc(-c2sc(-c3ccccc3)nc2CC(=O)Nc2ccc(C(N)=O)cc2)cc1. The molecule has 4 rings (SSSR count). The largest absolute Gasteiger partial charge is 0.366 e. The minimum atomic E-state index is -0.503. The van der Waals surface area contributed by atoms with Crippen molar-refractivity contribution in [3.63, 3.8) is 0 Å². The first-order valence-electron chi connectivity index (χ1n) is 9.81. The molecule has 31 heavy (non-hydrogen) atoms. The number of rotatable bonds is 6. The molecule has 0 unspecified atom stereocenters. The van der Waals surface area contributed by atoms with Crippen LogP contribution in [-0.2, 0) is 11.2 Å². The summed E-state index contributed by atoms with van der Waals surface area (Å²) in [5.41, 5.74) is 10.2. The first-order valence-corrected chi connectivity index (χ1v) is 10.6. The van der Waals surface area contributed by atoms with Crippen molar-refractivity contribution in [3.8, 4) is 21.0 Å². The minimum Gasteiger partial charge on any atom is -0.366 e. The van der Waals surface area contributed by atoms with E-state index in [4.69, 9.17) is 10.7 Å². The Morgan fingerprint density at radius 3 is 2.23 bits per heavy atom. The smallest absolute Gasteiger partial charge is 0.248 e. The lowest BCUT2D eigenvalue weighted by Crippen LogP contribution is -2.15. The highest BCUT2D eigenvalue weighted by atomic mass is 32.1. The van der Waals surface area contributed by atoms with Crippen LogP contribution in [0, 0.1) is 6.92 Å². The summed E-state index contributed by atoms with van der Waals surface area (Å²) in [6, 6.07) is 24.7. The van der Waals surface area contributed by atoms with Gasteiger partial charge in [-0.3, -0.25) is 9.59 Å². The van der Waals surface area contributed by atoms with Gasteiger partial charge in [-0.2, -0.15) is 0 Å². The summed E-state index contributed by atoms with van der Waals surface area (Å²) in [5, 5.41) is 3.75. The van der Waals surface area contributed by atoms with Crippen LogP contribution in [0.2, 0.25) is 0 Å². The van der Waals surface area contributed by atoms with Crippen LogP contribution in [0.5, 0.6) is 0 Å². The Hall–Kier alpha value is -3.77. The molecule has 0 aliphatic rings. The fourth-order valence-electron chi connectivity index (χ4n) is 3.18. The summed E-state index contributed by atoms with van der Waals surface area (Å²) in [5.74, 6) is -0.679. The fraction of sp³-hybridized carbons (Fsp3) is 0.0800. The van der Waals surface area contributed by atoms with Crippen molar-refractivity contribution >= 4 is 28.8 Å². The highest BCUT2D eigenvalue weighted by molar-refractivity contribution is 7.18. The fourth-order valence-corrected chi connectivity index (χ4v) is 4.27. The number of aromatic nitrogens is 1. The third kappa shape index (κ3) is 4.87. The van der Waals surface area contributed by atoms with Crippen molar-refractivity contribution < 1.29 is 9.59 Å². The summed E-state index contributed by atoms with van der Waals surface area (Å²) in [6.07, 6.45) is 0.143. The average molecular weight is 428 g/mol. The van der Waals surface area contributed by atoms with Crippen LogP contribution in [0.1, 0.15) is 21.6 Å². The molecule has 0 saturated heterocycles. The zero-order chi connectivity index (χ0) is 21.8. The molecule has 3 N–H and O–H groups in total. The van der Waals surface area contributed by atoms with Gasteiger partial charge in [-0.1, -0.05) is 60.2 Å². The average Bonchev–Trinajstić information content (AvgIpc) is 3.19. The lowest BCUT2D eigenvalue weighted by molar-refractivity contribution is -0.115. The summed E-state index contributed by atoms with van der Waals surface area (Å²) in [4.78, 5) is 29.7. The highest BCUT2D eigenvalue weighted by Crippen LogP contribution is 2.36. The van der Waals surface area contributed by atoms with Gasteiger partial charge in [-0.05, 0) is 36.8 Å². The molecule has 0 atom stereocenters. The van der Waals surface area contributed by atoms with Gasteiger partial charge in [0.25, 0.3) is 0 Å². The number of benzene rings is 3. The molecule has 5 nitrogen and oxygen atoms in total. The van der Waals surface area contributed by atoms with Gasteiger partial charge < -0.3 is 11.1 Å². The van der Waals surface area contributed by atoms with Crippen molar-refractivity contribution in [2.75, 3.05) is 5.32 Å². The molecule has 0 saturated carbocycles. The van der Waals surface area contributed by atoms with E-state index in [1.807, 2.05) is 37.3 Å². The molecule has 1 heterocycles. The van der Waals surface area contributed by atoms with Gasteiger partial charge in [0.1, 0.15) is 5.01 Å². The van der Waals surface area contributed by atoms with E-state index in [1.165, 1.54) is 5.56 Å². The predicted molar refractivity (Wildman–Crippen MR) is 125 cm³/mol. The number of thiazole rings is 1. The van der Waals surface area contributed by atoms with Gasteiger partial charge in [0.15, 0.2) is 0 Å². The molecule has 154 valence electrons. The van der Waals surface area contributed by atoms with Crippen molar-refractivity contribution in [1.82, 2.24) is 4.98 Å². The molecule has 0 aliphatic heterocycles. The maximum atomic E-state index is 12.7. The van der Waals surface area contributed by atoms with Crippen LogP contribution in [0.25, 0.3) is 21.0 Å². The Morgan fingerprint density at radius 2 is 1.58 bits per heavy atom. The second kappa shape index (κ2) is 8.93. The summed E-state index contributed by atoms with van der Waals surface area (Å²) < 4.78 is 0. The number of carbonyl (C=O) groups is 2. The van der Waals surface area contributed by atoms with Crippen LogP contribution < -0.4 is 11.1 Å². The van der Waals surface area contributed by atoms with E-state index in [9.17, 15) is 9.59 Å². The number of hydrogen-bond acceptors (Lipinski definition) is 4. The molecule has 3 aromatic carbocycles. The third-order valence-corrected chi connectivity index (χ3v) is 6.01. The molecule has 4 aromatic rings. The molecule has 0 bridgehead atoms. The Morgan fingerprint density at radius 1 is 0.903 bits per heavy atom. The Balaban J connectivity index is 1.61. The standard InChI is InChI=1S/C25H21N3O2S/c1-16-7-9-17(10-8-16)23-21(28-25(31-23)19-5-3-2-4-6-19)15-22(29)27-20-13-11-18(12-14-20)24(26)30/h2-14H,15H2,1H3,(H2,26,30)(H,27,29). The van der Waals surface area contributed by atoms with Gasteiger partial charge in [-0.25, -0.2) is 4.98 Å². The molecule has 0 fully saturated rings. The van der Waals surface area contributed by atoms with E-state index in [2.05, 4.69) is 29.6 Å². The molecule has 0 spiro atoms. The number of nitrogens with one attached hydrogen (secondary N) is 1. The normalized spacial score (nSPS) is 10.6. The number of primary amides is 1. The topological polar surface area (TPSA) is 85.1 Å². The number of carbonyl (C=O) groups excluding carboxylic acids is 2. The van der Waals surface area contributed by atoms with E-state index >= 15 is 0 Å². The molecule has 1 aromatic heterocycles. The highest BCUT2D eigenvalue weighted by Gasteiger charge is 2.17. The molecular weight excluding hydrogens is 406 g/mol. The van der Waals surface area contributed by atoms with Crippen molar-refractivity contribution in [2.24, 2.45) is 5.73 Å². The number of hydrogen-bond donors (Lipinski definition) is 2. The summed E-state index contributed by atoms with van der Waals surface area (Å²) in [7, 11) is 0. The van der Waals surface area contributed by atoms with E-state index in [-0.39, 0.29) is 12.3 Å². The van der Waals surface area contributed by atoms with Gasteiger partial charge in [0, 0.05) is 16.8 Å². The second-order valence-corrected chi connectivity index (χ2v) is 8.19. The predicted octanol–water partition coefficient (Wildman–Crippen LogP) is 5.07. The minimum absolute atomic E-state index is 0.143.